The van der Waals surface area contributed by atoms with E-state index in [9.17, 15) is 18.4 Å². The molecule has 26 heavy (non-hydrogen) atoms. The Morgan fingerprint density at radius 1 is 1.31 bits per heavy atom. The molecule has 0 radical (unpaired) electrons. The summed E-state index contributed by atoms with van der Waals surface area (Å²) in [6, 6.07) is 10.7. The first-order valence-electron chi connectivity index (χ1n) is 7.65. The first kappa shape index (κ1) is 18.1. The molecule has 0 saturated heterocycles. The lowest BCUT2D eigenvalue weighted by Gasteiger charge is -2.33. The molecule has 0 aliphatic carbocycles. The van der Waals surface area contributed by atoms with Crippen molar-refractivity contribution in [2.45, 2.75) is 25.6 Å². The number of halogens is 3. The monoisotopic (exact) mass is 381 g/mol. The quantitative estimate of drug-likeness (QED) is 0.811. The fraction of sp³-hybridized carbons (Fsp3) is 0.222. The van der Waals surface area contributed by atoms with E-state index < -0.39 is 24.1 Å². The van der Waals surface area contributed by atoms with Gasteiger partial charge in [0.05, 0.1) is 10.6 Å². The van der Waals surface area contributed by atoms with E-state index in [2.05, 4.69) is 10.1 Å². The van der Waals surface area contributed by atoms with E-state index in [1.807, 2.05) is 0 Å². The zero-order valence-corrected chi connectivity index (χ0v) is 14.3. The largest absolute Gasteiger partial charge is 0.445 e. The summed E-state index contributed by atoms with van der Waals surface area (Å²) in [5.41, 5.74) is -0.0111. The normalized spacial score (nSPS) is 18.9. The fourth-order valence-electron chi connectivity index (χ4n) is 2.69. The number of carbonyl (C=O) groups is 2. The van der Waals surface area contributed by atoms with Gasteiger partial charge in [0, 0.05) is 12.1 Å². The van der Waals surface area contributed by atoms with Crippen LogP contribution in [0.2, 0.25) is 5.02 Å². The maximum absolute atomic E-state index is 12.6. The van der Waals surface area contributed by atoms with E-state index in [1.165, 1.54) is 25.1 Å². The van der Waals surface area contributed by atoms with Crippen molar-refractivity contribution < 1.29 is 27.8 Å². The van der Waals surface area contributed by atoms with E-state index in [-0.39, 0.29) is 22.9 Å². The summed E-state index contributed by atoms with van der Waals surface area (Å²) in [7, 11) is 0. The zero-order valence-electron chi connectivity index (χ0n) is 13.6. The van der Waals surface area contributed by atoms with E-state index in [0.717, 1.165) is 0 Å². The van der Waals surface area contributed by atoms with Crippen molar-refractivity contribution in [1.82, 2.24) is 0 Å². The predicted molar refractivity (Wildman–Crippen MR) is 90.7 cm³/mol. The van der Waals surface area contributed by atoms with Gasteiger partial charge in [0.15, 0.2) is 5.60 Å². The standard InChI is InChI=1S/C18H14ClF2NO4/c1-18(9-10-4-2-3-5-12(10)15(23)26-18)16(24)22-11-6-7-14(13(19)8-11)25-17(20)21/h2-8,17H,9H2,1H3,(H,22,24)/t18-/m1/s1. The topological polar surface area (TPSA) is 64.6 Å². The summed E-state index contributed by atoms with van der Waals surface area (Å²) in [6.07, 6.45) is 0.209. The van der Waals surface area contributed by atoms with Gasteiger partial charge in [-0.15, -0.1) is 0 Å². The first-order chi connectivity index (χ1) is 12.3. The van der Waals surface area contributed by atoms with Crippen molar-refractivity contribution >= 4 is 29.2 Å². The molecular weight excluding hydrogens is 368 g/mol. The molecule has 8 heteroatoms. The van der Waals surface area contributed by atoms with Gasteiger partial charge >= 0.3 is 12.6 Å². The summed E-state index contributed by atoms with van der Waals surface area (Å²) < 4.78 is 34.1. The number of benzene rings is 2. The van der Waals surface area contributed by atoms with Crippen molar-refractivity contribution in [1.29, 1.82) is 0 Å². The molecule has 1 aliphatic rings. The Morgan fingerprint density at radius 3 is 2.73 bits per heavy atom. The van der Waals surface area contributed by atoms with Gasteiger partial charge in [-0.05, 0) is 36.8 Å². The zero-order chi connectivity index (χ0) is 18.9. The summed E-state index contributed by atoms with van der Waals surface area (Å²) in [5, 5.41) is 2.50. The number of rotatable bonds is 4. The Kier molecular flexibility index (Phi) is 4.82. The van der Waals surface area contributed by atoms with Crippen molar-refractivity contribution in [3.05, 3.63) is 58.6 Å². The molecule has 2 aromatic rings. The fourth-order valence-corrected chi connectivity index (χ4v) is 2.92. The van der Waals surface area contributed by atoms with Crippen LogP contribution in [0, 0.1) is 0 Å². The van der Waals surface area contributed by atoms with Crippen LogP contribution < -0.4 is 10.1 Å². The molecule has 1 amide bonds. The second-order valence-electron chi connectivity index (χ2n) is 5.93. The van der Waals surface area contributed by atoms with Crippen molar-refractivity contribution in [2.75, 3.05) is 5.32 Å². The van der Waals surface area contributed by atoms with Crippen molar-refractivity contribution in [3.8, 4) is 5.75 Å². The highest BCUT2D eigenvalue weighted by Crippen LogP contribution is 2.32. The average Bonchev–Trinajstić information content (AvgIpc) is 2.57. The average molecular weight is 382 g/mol. The number of nitrogens with one attached hydrogen (secondary N) is 1. The molecular formula is C18H14ClF2NO4. The number of cyclic esters (lactones) is 1. The number of anilines is 1. The minimum absolute atomic E-state index is 0.0840. The summed E-state index contributed by atoms with van der Waals surface area (Å²) >= 11 is 5.87. The SMILES string of the molecule is C[C@]1(C(=O)Nc2ccc(OC(F)F)c(Cl)c2)Cc2ccccc2C(=O)O1. The third-order valence-corrected chi connectivity index (χ3v) is 4.26. The van der Waals surface area contributed by atoms with Gasteiger partial charge in [-0.3, -0.25) is 4.79 Å². The smallest absolute Gasteiger partial charge is 0.387 e. The number of carbonyl (C=O) groups excluding carboxylic acids is 2. The van der Waals surface area contributed by atoms with E-state index in [1.54, 1.807) is 24.3 Å². The highest BCUT2D eigenvalue weighted by Gasteiger charge is 2.42. The Morgan fingerprint density at radius 2 is 2.04 bits per heavy atom. The molecule has 0 saturated carbocycles. The second kappa shape index (κ2) is 6.92. The molecule has 1 heterocycles. The first-order valence-corrected chi connectivity index (χ1v) is 8.03. The maximum Gasteiger partial charge on any atom is 0.387 e. The van der Waals surface area contributed by atoms with Crippen LogP contribution >= 0.6 is 11.6 Å². The van der Waals surface area contributed by atoms with Crippen LogP contribution in [-0.4, -0.2) is 24.1 Å². The van der Waals surface area contributed by atoms with Crippen molar-refractivity contribution in [3.63, 3.8) is 0 Å². The number of alkyl halides is 2. The number of amides is 1. The molecule has 0 spiro atoms. The molecule has 0 bridgehead atoms. The van der Waals surface area contributed by atoms with Gasteiger partial charge in [-0.2, -0.15) is 8.78 Å². The lowest BCUT2D eigenvalue weighted by Crippen LogP contribution is -2.48. The van der Waals surface area contributed by atoms with Gasteiger partial charge in [0.2, 0.25) is 0 Å². The van der Waals surface area contributed by atoms with E-state index in [0.29, 0.717) is 11.1 Å². The van der Waals surface area contributed by atoms with Gasteiger partial charge in [0.1, 0.15) is 5.75 Å². The summed E-state index contributed by atoms with van der Waals surface area (Å²) in [6.45, 7) is -1.50. The molecule has 0 fully saturated rings. The van der Waals surface area contributed by atoms with Crippen LogP contribution in [0.3, 0.4) is 0 Å². The van der Waals surface area contributed by atoms with Gasteiger partial charge < -0.3 is 14.8 Å². The minimum atomic E-state index is -3.01. The highest BCUT2D eigenvalue weighted by atomic mass is 35.5. The van der Waals surface area contributed by atoms with Crippen LogP contribution in [0.15, 0.2) is 42.5 Å². The Bertz CT molecular complexity index is 874. The van der Waals surface area contributed by atoms with Gasteiger partial charge in [-0.25, -0.2) is 4.79 Å². The number of ether oxygens (including phenoxy) is 2. The molecule has 1 N–H and O–H groups in total. The Balaban J connectivity index is 1.78. The van der Waals surface area contributed by atoms with Crippen LogP contribution in [0.1, 0.15) is 22.8 Å². The van der Waals surface area contributed by atoms with Crippen LogP contribution in [0.5, 0.6) is 5.75 Å². The molecule has 1 atom stereocenters. The van der Waals surface area contributed by atoms with Crippen molar-refractivity contribution in [2.24, 2.45) is 0 Å². The molecule has 0 unspecified atom stereocenters. The molecule has 1 aliphatic heterocycles. The van der Waals surface area contributed by atoms with E-state index >= 15 is 0 Å². The lowest BCUT2D eigenvalue weighted by molar-refractivity contribution is -0.134. The molecule has 136 valence electrons. The number of fused-ring (bicyclic) bond motifs is 1. The highest BCUT2D eigenvalue weighted by molar-refractivity contribution is 6.32. The maximum atomic E-state index is 12.6. The second-order valence-corrected chi connectivity index (χ2v) is 6.34. The third kappa shape index (κ3) is 3.62. The minimum Gasteiger partial charge on any atom is -0.445 e. The summed E-state index contributed by atoms with van der Waals surface area (Å²) in [4.78, 5) is 24.8. The number of hydrogen-bond acceptors (Lipinski definition) is 4. The summed E-state index contributed by atoms with van der Waals surface area (Å²) in [5.74, 6) is -1.34. The Labute approximate surface area is 152 Å². The molecule has 2 aromatic carbocycles. The Hall–Kier alpha value is -2.67. The van der Waals surface area contributed by atoms with E-state index in [4.69, 9.17) is 16.3 Å². The molecule has 5 nitrogen and oxygen atoms in total. The lowest BCUT2D eigenvalue weighted by atomic mass is 9.89. The van der Waals surface area contributed by atoms with Crippen LogP contribution in [0.4, 0.5) is 14.5 Å². The molecule has 0 aromatic heterocycles. The van der Waals surface area contributed by atoms with Gasteiger partial charge in [0.25, 0.3) is 5.91 Å². The number of esters is 1. The third-order valence-electron chi connectivity index (χ3n) is 3.97. The van der Waals surface area contributed by atoms with Crippen LogP contribution in [0.25, 0.3) is 0 Å². The molecule has 3 rings (SSSR count). The van der Waals surface area contributed by atoms with Crippen LogP contribution in [-0.2, 0) is 16.0 Å². The predicted octanol–water partition coefficient (Wildman–Crippen LogP) is 4.05. The number of hydrogen-bond donors (Lipinski definition) is 1. The van der Waals surface area contributed by atoms with Gasteiger partial charge in [-0.1, -0.05) is 29.8 Å².